The largest absolute Gasteiger partial charge is 0.368 e. The first-order valence-corrected chi connectivity index (χ1v) is 6.36. The van der Waals surface area contributed by atoms with Crippen molar-refractivity contribution in [3.8, 4) is 0 Å². The summed E-state index contributed by atoms with van der Waals surface area (Å²) in [4.78, 5) is 15.4. The van der Waals surface area contributed by atoms with E-state index in [0.717, 1.165) is 37.4 Å². The fourth-order valence-electron chi connectivity index (χ4n) is 1.71. The molecule has 0 spiro atoms. The van der Waals surface area contributed by atoms with Gasteiger partial charge in [-0.3, -0.25) is 0 Å². The molecular weight excluding hydrogens is 228 g/mol. The summed E-state index contributed by atoms with van der Waals surface area (Å²) in [5.41, 5.74) is 1.57. The van der Waals surface area contributed by atoms with Crippen LogP contribution in [0, 0.1) is 5.92 Å². The van der Waals surface area contributed by atoms with Crippen molar-refractivity contribution in [1.29, 1.82) is 0 Å². The van der Waals surface area contributed by atoms with Crippen LogP contribution in [0.2, 0.25) is 0 Å². The molecule has 0 aliphatic carbocycles. The fraction of sp³-hybridized carbons (Fsp3) is 0.583. The SMILES string of the molecule is CC(C)CNCCCNc1ncnc2nc[nH]c12. The van der Waals surface area contributed by atoms with Crippen molar-refractivity contribution in [3.63, 3.8) is 0 Å². The van der Waals surface area contributed by atoms with Crippen LogP contribution in [0.1, 0.15) is 20.3 Å². The van der Waals surface area contributed by atoms with Crippen LogP contribution in [0.25, 0.3) is 11.2 Å². The molecule has 0 aliphatic heterocycles. The number of nitrogens with zero attached hydrogens (tertiary/aromatic N) is 3. The van der Waals surface area contributed by atoms with Gasteiger partial charge in [-0.25, -0.2) is 15.0 Å². The van der Waals surface area contributed by atoms with E-state index < -0.39 is 0 Å². The second-order valence-corrected chi connectivity index (χ2v) is 4.70. The summed E-state index contributed by atoms with van der Waals surface area (Å²) in [6.45, 7) is 7.39. The van der Waals surface area contributed by atoms with Gasteiger partial charge in [0.1, 0.15) is 11.8 Å². The highest BCUT2D eigenvalue weighted by atomic mass is 15.1. The zero-order chi connectivity index (χ0) is 12.8. The minimum atomic E-state index is 0.699. The van der Waals surface area contributed by atoms with E-state index in [4.69, 9.17) is 0 Å². The van der Waals surface area contributed by atoms with E-state index in [-0.39, 0.29) is 0 Å². The van der Waals surface area contributed by atoms with Crippen molar-refractivity contribution in [3.05, 3.63) is 12.7 Å². The summed E-state index contributed by atoms with van der Waals surface area (Å²) in [7, 11) is 0. The first-order valence-electron chi connectivity index (χ1n) is 6.36. The Morgan fingerprint density at radius 1 is 1.22 bits per heavy atom. The van der Waals surface area contributed by atoms with Crippen LogP contribution in [0.15, 0.2) is 12.7 Å². The molecule has 0 atom stereocenters. The smallest absolute Gasteiger partial charge is 0.182 e. The number of aromatic nitrogens is 4. The van der Waals surface area contributed by atoms with Gasteiger partial charge in [-0.2, -0.15) is 0 Å². The van der Waals surface area contributed by atoms with E-state index in [0.29, 0.717) is 11.6 Å². The minimum absolute atomic E-state index is 0.699. The van der Waals surface area contributed by atoms with Crippen molar-refractivity contribution in [2.45, 2.75) is 20.3 Å². The second kappa shape index (κ2) is 6.30. The number of fused-ring (bicyclic) bond motifs is 1. The highest BCUT2D eigenvalue weighted by Gasteiger charge is 2.04. The van der Waals surface area contributed by atoms with Gasteiger partial charge >= 0.3 is 0 Å². The molecule has 98 valence electrons. The molecule has 2 aromatic heterocycles. The van der Waals surface area contributed by atoms with Gasteiger partial charge in [0.25, 0.3) is 0 Å². The summed E-state index contributed by atoms with van der Waals surface area (Å²) in [6.07, 6.45) is 4.23. The van der Waals surface area contributed by atoms with Gasteiger partial charge in [0.15, 0.2) is 11.5 Å². The van der Waals surface area contributed by atoms with Gasteiger partial charge in [0.2, 0.25) is 0 Å². The van der Waals surface area contributed by atoms with E-state index in [1.807, 2.05) is 0 Å². The average molecular weight is 248 g/mol. The van der Waals surface area contributed by atoms with Gasteiger partial charge in [-0.05, 0) is 25.4 Å². The molecule has 0 unspecified atom stereocenters. The zero-order valence-electron chi connectivity index (χ0n) is 10.9. The van der Waals surface area contributed by atoms with Gasteiger partial charge < -0.3 is 15.6 Å². The lowest BCUT2D eigenvalue weighted by atomic mass is 10.2. The van der Waals surface area contributed by atoms with Crippen LogP contribution in [-0.4, -0.2) is 39.6 Å². The maximum atomic E-state index is 4.21. The lowest BCUT2D eigenvalue weighted by Gasteiger charge is -2.08. The van der Waals surface area contributed by atoms with Crippen molar-refractivity contribution >= 4 is 17.0 Å². The lowest BCUT2D eigenvalue weighted by molar-refractivity contribution is 0.547. The lowest BCUT2D eigenvalue weighted by Crippen LogP contribution is -2.22. The summed E-state index contributed by atoms with van der Waals surface area (Å²) < 4.78 is 0. The Labute approximate surface area is 107 Å². The highest BCUT2D eigenvalue weighted by molar-refractivity contribution is 5.81. The molecule has 0 radical (unpaired) electrons. The molecule has 0 saturated carbocycles. The average Bonchev–Trinajstić information content (AvgIpc) is 2.82. The molecule has 6 nitrogen and oxygen atoms in total. The Balaban J connectivity index is 1.75. The van der Waals surface area contributed by atoms with Crippen LogP contribution < -0.4 is 10.6 Å². The molecule has 18 heavy (non-hydrogen) atoms. The second-order valence-electron chi connectivity index (χ2n) is 4.70. The third kappa shape index (κ3) is 3.40. The van der Waals surface area contributed by atoms with E-state index in [2.05, 4.69) is 44.4 Å². The number of aromatic amines is 1. The van der Waals surface area contributed by atoms with Crippen LogP contribution in [0.3, 0.4) is 0 Å². The summed E-state index contributed by atoms with van der Waals surface area (Å²) >= 11 is 0. The maximum absolute atomic E-state index is 4.21. The number of hydrogen-bond acceptors (Lipinski definition) is 5. The van der Waals surface area contributed by atoms with E-state index in [9.17, 15) is 0 Å². The number of hydrogen-bond donors (Lipinski definition) is 3. The van der Waals surface area contributed by atoms with Gasteiger partial charge in [-0.1, -0.05) is 13.8 Å². The van der Waals surface area contributed by atoms with Crippen molar-refractivity contribution < 1.29 is 0 Å². The van der Waals surface area contributed by atoms with Crippen molar-refractivity contribution in [1.82, 2.24) is 25.3 Å². The van der Waals surface area contributed by atoms with E-state index >= 15 is 0 Å². The topological polar surface area (TPSA) is 78.5 Å². The van der Waals surface area contributed by atoms with Crippen molar-refractivity contribution in [2.75, 3.05) is 25.0 Å². The summed E-state index contributed by atoms with van der Waals surface area (Å²) in [5, 5.41) is 6.71. The Bertz CT molecular complexity index is 478. The summed E-state index contributed by atoms with van der Waals surface area (Å²) in [6, 6.07) is 0. The van der Waals surface area contributed by atoms with Gasteiger partial charge in [0.05, 0.1) is 6.33 Å². The first kappa shape index (κ1) is 12.8. The molecule has 0 saturated heterocycles. The van der Waals surface area contributed by atoms with Crippen LogP contribution in [-0.2, 0) is 0 Å². The molecule has 0 fully saturated rings. The molecule has 0 bridgehead atoms. The van der Waals surface area contributed by atoms with E-state index in [1.165, 1.54) is 6.33 Å². The van der Waals surface area contributed by atoms with Crippen LogP contribution in [0.4, 0.5) is 5.82 Å². The Hall–Kier alpha value is -1.69. The van der Waals surface area contributed by atoms with Crippen LogP contribution in [0.5, 0.6) is 0 Å². The normalized spacial score (nSPS) is 11.3. The predicted molar refractivity (Wildman–Crippen MR) is 72.5 cm³/mol. The number of anilines is 1. The Morgan fingerprint density at radius 3 is 2.94 bits per heavy atom. The number of H-pyrrole nitrogens is 1. The number of rotatable bonds is 7. The van der Waals surface area contributed by atoms with Gasteiger partial charge in [-0.15, -0.1) is 0 Å². The first-order chi connectivity index (χ1) is 8.77. The molecule has 3 N–H and O–H groups in total. The number of nitrogens with one attached hydrogen (secondary N) is 3. The maximum Gasteiger partial charge on any atom is 0.182 e. The van der Waals surface area contributed by atoms with Gasteiger partial charge in [0, 0.05) is 6.54 Å². The quantitative estimate of drug-likeness (QED) is 0.646. The zero-order valence-corrected chi connectivity index (χ0v) is 10.9. The highest BCUT2D eigenvalue weighted by Crippen LogP contribution is 2.13. The minimum Gasteiger partial charge on any atom is -0.368 e. The third-order valence-electron chi connectivity index (χ3n) is 2.60. The van der Waals surface area contributed by atoms with Crippen molar-refractivity contribution in [2.24, 2.45) is 5.92 Å². The Morgan fingerprint density at radius 2 is 2.11 bits per heavy atom. The number of imidazole rings is 1. The monoisotopic (exact) mass is 248 g/mol. The molecule has 0 aliphatic rings. The third-order valence-corrected chi connectivity index (χ3v) is 2.60. The molecule has 2 aromatic rings. The molecule has 0 amide bonds. The fourth-order valence-corrected chi connectivity index (χ4v) is 1.71. The molecule has 2 heterocycles. The standard InChI is InChI=1S/C12H20N6/c1-9(2)6-13-4-3-5-14-11-10-12(16-7-15-10)18-8-17-11/h7-9,13H,3-6H2,1-2H3,(H2,14,15,16,17,18). The Kier molecular flexibility index (Phi) is 4.46. The molecular formula is C12H20N6. The molecule has 6 heteroatoms. The summed E-state index contributed by atoms with van der Waals surface area (Å²) in [5.74, 6) is 1.52. The molecule has 2 rings (SSSR count). The van der Waals surface area contributed by atoms with Crippen LogP contribution >= 0.6 is 0 Å². The predicted octanol–water partition coefficient (Wildman–Crippen LogP) is 1.40. The molecule has 0 aromatic carbocycles. The van der Waals surface area contributed by atoms with E-state index in [1.54, 1.807) is 6.33 Å².